The highest BCUT2D eigenvalue weighted by molar-refractivity contribution is 6.09. The third-order valence-corrected chi connectivity index (χ3v) is 26.7. The van der Waals surface area contributed by atoms with E-state index < -0.39 is 17.7 Å². The summed E-state index contributed by atoms with van der Waals surface area (Å²) in [5, 5.41) is 42.1. The van der Waals surface area contributed by atoms with Gasteiger partial charge >= 0.3 is 5.97 Å². The zero-order valence-corrected chi connectivity index (χ0v) is 84.8. The van der Waals surface area contributed by atoms with Gasteiger partial charge in [0.15, 0.2) is 74.8 Å². The molecule has 0 saturated carbocycles. The number of methoxy groups -OCH3 is 1. The number of rotatable bonds is 32. The highest BCUT2D eigenvalue weighted by Crippen LogP contribution is 2.32. The van der Waals surface area contributed by atoms with Gasteiger partial charge < -0.3 is 104 Å². The number of likely N-dealkylation sites (tertiary alicyclic amines) is 5. The number of carbonyl (C=O) groups excluding carboxylic acids is 6. The smallest absolute Gasteiger partial charge is 0.360 e. The Labute approximate surface area is 862 Å². The molecule has 15 N–H and O–H groups in total. The summed E-state index contributed by atoms with van der Waals surface area (Å²) in [5.74, 6) is 3.15. The van der Waals surface area contributed by atoms with E-state index in [0.29, 0.717) is 113 Å². The first kappa shape index (κ1) is 107. The number of carbonyl (C=O) groups is 6. The highest BCUT2D eigenvalue weighted by atomic mass is 19.1. The molecule has 5 fully saturated rings. The summed E-state index contributed by atoms with van der Waals surface area (Å²) in [5.41, 5.74) is 17.9. The fourth-order valence-electron chi connectivity index (χ4n) is 17.7. The number of piperidine rings is 5. The number of benzene rings is 4. The van der Waals surface area contributed by atoms with Crippen LogP contribution in [0.5, 0.6) is 5.75 Å². The van der Waals surface area contributed by atoms with Gasteiger partial charge in [0.25, 0.3) is 29.5 Å². The van der Waals surface area contributed by atoms with Crippen molar-refractivity contribution in [2.45, 2.75) is 84.1 Å². The van der Waals surface area contributed by atoms with Gasteiger partial charge in [0.1, 0.15) is 11.6 Å². The number of pyridine rings is 2. The van der Waals surface area contributed by atoms with E-state index in [4.69, 9.17) is 20.9 Å². The number of halogens is 1. The van der Waals surface area contributed by atoms with Crippen molar-refractivity contribution in [1.29, 1.82) is 0 Å². The molecule has 5 saturated heterocycles. The number of nitrogens with zero attached hydrogens (tertiary/aromatic N) is 23. The van der Waals surface area contributed by atoms with Crippen molar-refractivity contribution < 1.29 is 42.6 Å². The first-order chi connectivity index (χ1) is 72.5. The van der Waals surface area contributed by atoms with Gasteiger partial charge in [-0.1, -0.05) is 11.3 Å². The Balaban J connectivity index is 0.000000140. The minimum atomic E-state index is -0.682. The number of fused-ring (bicyclic) bond motifs is 3. The van der Waals surface area contributed by atoms with Crippen molar-refractivity contribution >= 4 is 126 Å². The number of imidazole rings is 1. The van der Waals surface area contributed by atoms with E-state index in [2.05, 4.69) is 203 Å². The van der Waals surface area contributed by atoms with Gasteiger partial charge in [0.05, 0.1) is 43.0 Å². The normalized spacial score (nSPS) is 15.2. The Bertz CT molecular complexity index is 6790. The maximum atomic E-state index is 15.3. The monoisotopic (exact) mass is 2030 g/mol. The molecule has 149 heavy (non-hydrogen) atoms. The summed E-state index contributed by atoms with van der Waals surface area (Å²) in [6.45, 7) is 16.9. The molecule has 5 amide bonds. The van der Waals surface area contributed by atoms with Gasteiger partial charge in [-0.3, -0.25) is 33.9 Å². The van der Waals surface area contributed by atoms with E-state index in [1.54, 1.807) is 99.5 Å². The summed E-state index contributed by atoms with van der Waals surface area (Å²) < 4.78 is 26.6. The summed E-state index contributed by atoms with van der Waals surface area (Å²) in [6.07, 6.45) is 38.7. The Kier molecular flexibility index (Phi) is 38.6. The fraction of sp³-hybridized carbons (Fsp3) is 0.394. The molecule has 19 rings (SSSR count). The van der Waals surface area contributed by atoms with E-state index in [0.717, 1.165) is 194 Å². The van der Waals surface area contributed by atoms with Crippen LogP contribution in [0.25, 0.3) is 38.3 Å². The van der Waals surface area contributed by atoms with Crippen molar-refractivity contribution in [3.63, 3.8) is 0 Å². The van der Waals surface area contributed by atoms with Crippen LogP contribution >= 0.6 is 0 Å². The maximum Gasteiger partial charge on any atom is 0.360 e. The molecule has 780 valence electrons. The average Bonchev–Trinajstić information content (AvgIpc) is 1.70. The second kappa shape index (κ2) is 53.7. The number of anilines is 10. The fourth-order valence-corrected chi connectivity index (χ4v) is 17.7. The van der Waals surface area contributed by atoms with E-state index in [1.165, 1.54) is 55.0 Å². The van der Waals surface area contributed by atoms with Crippen molar-refractivity contribution in [2.75, 3.05) is 208 Å². The molecule has 0 unspecified atom stereocenters. The van der Waals surface area contributed by atoms with Crippen LogP contribution in [0.2, 0.25) is 0 Å². The first-order valence-corrected chi connectivity index (χ1v) is 50.1. The quantitative estimate of drug-likeness (QED) is 0.0174. The topological polar surface area (TPSA) is 549 Å². The van der Waals surface area contributed by atoms with Gasteiger partial charge in [0.2, 0.25) is 0 Å². The minimum absolute atomic E-state index is 0.0104. The lowest BCUT2D eigenvalue weighted by molar-refractivity contribution is 0.0518. The molecule has 0 radical (unpaired) electrons. The van der Waals surface area contributed by atoms with Gasteiger partial charge in [0, 0.05) is 184 Å². The molecule has 4 aromatic carbocycles. The zero-order chi connectivity index (χ0) is 104. The molecule has 44 nitrogen and oxygen atoms in total. The highest BCUT2D eigenvalue weighted by Gasteiger charge is 2.29. The third kappa shape index (κ3) is 30.7. The Hall–Kier alpha value is -16.3. The summed E-state index contributed by atoms with van der Waals surface area (Å²) in [6, 6.07) is 23.2. The second-order valence-electron chi connectivity index (χ2n) is 37.4. The van der Waals surface area contributed by atoms with Crippen molar-refractivity contribution in [2.24, 2.45) is 29.6 Å². The van der Waals surface area contributed by atoms with Crippen LogP contribution in [0.3, 0.4) is 0 Å². The number of esters is 1. The SMILES string of the molecule is CCOC(=O)c1cn(-c2ccc(OC)c(F)c2CNC(=O)c2nccnc2NCC2CCN(C)CC2)nn1.CN1CCC(CNc2nccnc2C(=O)NCCc2cnc[nH]2)CC1.CN1CCC(CNc2nccnc2C(=O)Nc2ccc3c(N)nccc3c2)CC1.CN1CCC(CNc2nccnc2C(=O)Nc2ccc3ccnc(N)c3c2)CC1.CN1CCC(CNc2nccnc2C(=O)Nc2ccc3nccnc3c2)CC1. The molecular formula is C104H129FN36O8. The van der Waals surface area contributed by atoms with Crippen LogP contribution in [-0.2, 0) is 17.7 Å². The van der Waals surface area contributed by atoms with E-state index >= 15 is 4.39 Å². The van der Waals surface area contributed by atoms with Gasteiger partial charge in [-0.25, -0.2) is 78.7 Å². The molecule has 0 atom stereocenters. The third-order valence-electron chi connectivity index (χ3n) is 26.7. The van der Waals surface area contributed by atoms with Crippen molar-refractivity contribution in [3.8, 4) is 11.4 Å². The van der Waals surface area contributed by atoms with Gasteiger partial charge in [-0.2, -0.15) is 0 Å². The number of aromatic nitrogens is 19. The zero-order valence-electron chi connectivity index (χ0n) is 84.8. The molecule has 0 spiro atoms. The van der Waals surface area contributed by atoms with Crippen molar-refractivity contribution in [1.82, 2.24) is 130 Å². The summed E-state index contributed by atoms with van der Waals surface area (Å²) in [7, 11) is 12.0. The predicted molar refractivity (Wildman–Crippen MR) is 569 cm³/mol. The number of H-pyrrole nitrogens is 1. The summed E-state index contributed by atoms with van der Waals surface area (Å²) >= 11 is 0. The van der Waals surface area contributed by atoms with E-state index in [1.807, 2.05) is 48.5 Å². The van der Waals surface area contributed by atoms with Crippen LogP contribution in [0, 0.1) is 35.4 Å². The Morgan fingerprint density at radius 3 is 1.24 bits per heavy atom. The number of nitrogen functional groups attached to an aromatic ring is 2. The van der Waals surface area contributed by atoms with E-state index in [-0.39, 0.29) is 82.3 Å². The van der Waals surface area contributed by atoms with Crippen LogP contribution in [-0.4, -0.2) is 308 Å². The molecule has 14 aromatic rings. The van der Waals surface area contributed by atoms with Crippen LogP contribution in [0.15, 0.2) is 184 Å². The lowest BCUT2D eigenvalue weighted by Crippen LogP contribution is -2.33. The number of nitrogens with two attached hydrogens (primary N) is 2. The lowest BCUT2D eigenvalue weighted by Gasteiger charge is -2.29. The maximum absolute atomic E-state index is 15.3. The Morgan fingerprint density at radius 2 is 0.805 bits per heavy atom. The molecule has 5 aliphatic heterocycles. The summed E-state index contributed by atoms with van der Waals surface area (Å²) in [4.78, 5) is 154. The number of aromatic amines is 1. The number of amides is 5. The lowest BCUT2D eigenvalue weighted by atomic mass is 9.97. The van der Waals surface area contributed by atoms with Crippen LogP contribution in [0.1, 0.15) is 145 Å². The molecular weight excluding hydrogens is 1900 g/mol. The van der Waals surface area contributed by atoms with Crippen LogP contribution in [0.4, 0.5) is 62.2 Å². The van der Waals surface area contributed by atoms with Gasteiger partial charge in [-0.15, -0.1) is 5.10 Å². The predicted octanol–water partition coefficient (Wildman–Crippen LogP) is 10.6. The van der Waals surface area contributed by atoms with Crippen molar-refractivity contribution in [3.05, 3.63) is 236 Å². The first-order valence-electron chi connectivity index (χ1n) is 50.1. The molecule has 0 aliphatic carbocycles. The number of hydrogen-bond donors (Lipinski definition) is 13. The molecule has 0 bridgehead atoms. The number of nitrogens with one attached hydrogen (secondary N) is 11. The Morgan fingerprint density at radius 1 is 0.416 bits per heavy atom. The molecule has 10 aromatic heterocycles. The number of hydrogen-bond acceptors (Lipinski definition) is 37. The largest absolute Gasteiger partial charge is 0.494 e. The van der Waals surface area contributed by atoms with E-state index in [9.17, 15) is 28.8 Å². The van der Waals surface area contributed by atoms with Crippen LogP contribution < -0.4 is 69.4 Å². The molecule has 45 heteroatoms. The second-order valence-corrected chi connectivity index (χ2v) is 37.4. The standard InChI is InChI=1S/C25H31FN8O4.2C21H25N7O.C20H23N7O.C17H25N7O/c1-4-38-25(36)18-15-34(32-31-18)19-5-6-20(37-3)21(26)17(19)14-30-24(35)22-23(28-10-9-27-22)29-13-16-7-11-33(2)12-8-16;1-28-10-5-14(6-11-28)13-26-20-18(23-8-9-25-20)21(29)27-16-2-3-17-15(12-16)4-7-24-19(17)22;1-28-10-5-14(6-11-28)13-26-20-18(23-8-9-25-20)21(29)27-16-3-2-15-4-7-24-19(22)17(15)12-16;1-27-10-4-14(5-11-27)13-25-19-18(23-8-9-24-19)20(28)26-15-2-3-16-17(12-15)22-7-6-21-16;1-24-8-3-13(4-9-24)10-22-16-15(19-6-7-20-16)17(25)21-5-2-14-11-18-12-23-14/h5-6,9-10,15-16H,4,7-8,11-14H2,1-3H3,(H,28,29)(H,30,35);2*2-4,7-9,12,14H,5-6,10-11,13H2,1H3,(H2,22,24)(H,25,26)(H,27,29);2-3,6-9,12,14H,4-5,10-11,13H2,1H3,(H,24,25)(H,26,28);6-7,11-13H,2-5,8-10H2,1H3,(H,18,23)(H,20,22)(H,21,25). The number of ether oxygens (including phenoxy) is 2. The minimum Gasteiger partial charge on any atom is -0.494 e. The molecule has 15 heterocycles. The van der Waals surface area contributed by atoms with Gasteiger partial charge in [-0.05, 0) is 285 Å². The molecule has 5 aliphatic rings. The average molecular weight is 2030 g/mol.